The summed E-state index contributed by atoms with van der Waals surface area (Å²) in [5, 5.41) is 2.98. The summed E-state index contributed by atoms with van der Waals surface area (Å²) < 4.78 is 25.1. The lowest BCUT2D eigenvalue weighted by atomic mass is 10.2. The van der Waals surface area contributed by atoms with Gasteiger partial charge in [-0.25, -0.2) is 4.39 Å². The summed E-state index contributed by atoms with van der Waals surface area (Å²) in [5.74, 6) is 0.0324. The number of nitrogens with two attached hydrogens (primary N) is 1. The Labute approximate surface area is 143 Å². The van der Waals surface area contributed by atoms with Crippen LogP contribution in [0.1, 0.15) is 0 Å². The van der Waals surface area contributed by atoms with Gasteiger partial charge in [0.15, 0.2) is 6.79 Å². The van der Waals surface area contributed by atoms with E-state index in [2.05, 4.69) is 25.0 Å². The Balaban J connectivity index is 1.87. The molecule has 0 aromatic heterocycles. The van der Waals surface area contributed by atoms with E-state index in [1.165, 1.54) is 6.07 Å². The second-order valence-electron chi connectivity index (χ2n) is 6.84. The van der Waals surface area contributed by atoms with Crippen molar-refractivity contribution >= 4 is 25.1 Å². The number of nitrogen functional groups attached to an aromatic ring is 1. The third-order valence-corrected chi connectivity index (χ3v) is 5.18. The SMILES string of the molecule is C[Si](C)(C)CCOCOc1ccc(Nc2ccccc2N)c(F)c1. The van der Waals surface area contributed by atoms with Crippen molar-refractivity contribution in [2.24, 2.45) is 0 Å². The Kier molecular flexibility index (Phi) is 6.22. The topological polar surface area (TPSA) is 56.5 Å². The van der Waals surface area contributed by atoms with Crippen molar-refractivity contribution in [1.29, 1.82) is 0 Å². The monoisotopic (exact) mass is 348 g/mol. The molecule has 0 aliphatic heterocycles. The first kappa shape index (κ1) is 18.3. The number of hydrogen-bond donors (Lipinski definition) is 2. The molecule has 0 saturated carbocycles. The van der Waals surface area contributed by atoms with Crippen LogP contribution in [-0.2, 0) is 4.74 Å². The Morgan fingerprint density at radius 1 is 1.08 bits per heavy atom. The van der Waals surface area contributed by atoms with Crippen molar-refractivity contribution in [2.75, 3.05) is 24.5 Å². The standard InChI is InChI=1S/C18H25FN2O2Si/c1-24(2,3)11-10-22-13-23-14-8-9-17(15(19)12-14)21-18-7-5-4-6-16(18)20/h4-9,12,21H,10-11,13,20H2,1-3H3. The number of rotatable bonds is 8. The molecule has 2 rings (SSSR count). The molecule has 0 fully saturated rings. The lowest BCUT2D eigenvalue weighted by molar-refractivity contribution is 0.0219. The van der Waals surface area contributed by atoms with Gasteiger partial charge in [-0.3, -0.25) is 0 Å². The first-order valence-electron chi connectivity index (χ1n) is 7.97. The molecule has 0 radical (unpaired) electrons. The van der Waals surface area contributed by atoms with Crippen LogP contribution >= 0.6 is 0 Å². The average molecular weight is 348 g/mol. The quantitative estimate of drug-likeness (QED) is 0.310. The van der Waals surface area contributed by atoms with Crippen LogP contribution in [0.5, 0.6) is 5.75 Å². The van der Waals surface area contributed by atoms with Gasteiger partial charge in [-0.05, 0) is 30.3 Å². The van der Waals surface area contributed by atoms with Gasteiger partial charge >= 0.3 is 0 Å². The maximum Gasteiger partial charge on any atom is 0.189 e. The second kappa shape index (κ2) is 8.17. The van der Waals surface area contributed by atoms with Crippen LogP contribution in [0.15, 0.2) is 42.5 Å². The largest absolute Gasteiger partial charge is 0.467 e. The first-order chi connectivity index (χ1) is 11.3. The Hall–Kier alpha value is -2.05. The third kappa shape index (κ3) is 5.86. The number of nitrogens with one attached hydrogen (secondary N) is 1. The van der Waals surface area contributed by atoms with Crippen LogP contribution in [-0.4, -0.2) is 21.5 Å². The van der Waals surface area contributed by atoms with E-state index in [4.69, 9.17) is 15.2 Å². The van der Waals surface area contributed by atoms with Crippen LogP contribution < -0.4 is 15.8 Å². The highest BCUT2D eigenvalue weighted by molar-refractivity contribution is 6.76. The normalized spacial score (nSPS) is 11.3. The highest BCUT2D eigenvalue weighted by atomic mass is 28.3. The van der Waals surface area contributed by atoms with Gasteiger partial charge in [0.25, 0.3) is 0 Å². The van der Waals surface area contributed by atoms with Crippen molar-refractivity contribution in [2.45, 2.75) is 25.7 Å². The van der Waals surface area contributed by atoms with Crippen molar-refractivity contribution in [1.82, 2.24) is 0 Å². The van der Waals surface area contributed by atoms with E-state index >= 15 is 0 Å². The van der Waals surface area contributed by atoms with Gasteiger partial charge in [0.2, 0.25) is 0 Å². The molecule has 0 bridgehead atoms. The highest BCUT2D eigenvalue weighted by Gasteiger charge is 2.12. The molecule has 0 amide bonds. The number of hydrogen-bond acceptors (Lipinski definition) is 4. The highest BCUT2D eigenvalue weighted by Crippen LogP contribution is 2.27. The van der Waals surface area contributed by atoms with Crippen LogP contribution in [0.3, 0.4) is 0 Å². The Morgan fingerprint density at radius 2 is 1.83 bits per heavy atom. The fourth-order valence-electron chi connectivity index (χ4n) is 1.99. The maximum atomic E-state index is 14.2. The van der Waals surface area contributed by atoms with E-state index in [0.717, 1.165) is 6.04 Å². The molecule has 0 aliphatic rings. The fourth-order valence-corrected chi connectivity index (χ4v) is 2.75. The summed E-state index contributed by atoms with van der Waals surface area (Å²) in [5.41, 5.74) is 7.43. The molecule has 0 saturated heterocycles. The van der Waals surface area contributed by atoms with Crippen LogP contribution in [0.4, 0.5) is 21.5 Å². The number of halogens is 1. The summed E-state index contributed by atoms with van der Waals surface area (Å²) in [6, 6.07) is 13.0. The van der Waals surface area contributed by atoms with Crippen LogP contribution in [0.2, 0.25) is 25.7 Å². The molecule has 6 heteroatoms. The molecule has 3 N–H and O–H groups in total. The van der Waals surface area contributed by atoms with Gasteiger partial charge in [0.1, 0.15) is 11.6 Å². The number of ether oxygens (including phenoxy) is 2. The molecule has 0 unspecified atom stereocenters. The van der Waals surface area contributed by atoms with E-state index in [-0.39, 0.29) is 6.79 Å². The fraction of sp³-hybridized carbons (Fsp3) is 0.333. The molecule has 0 heterocycles. The number of anilines is 3. The molecule has 4 nitrogen and oxygen atoms in total. The van der Waals surface area contributed by atoms with Gasteiger partial charge < -0.3 is 20.5 Å². The zero-order chi connectivity index (χ0) is 17.6. The predicted molar refractivity (Wildman–Crippen MR) is 100 cm³/mol. The van der Waals surface area contributed by atoms with Gasteiger partial charge in [-0.2, -0.15) is 0 Å². The summed E-state index contributed by atoms with van der Waals surface area (Å²) >= 11 is 0. The zero-order valence-corrected chi connectivity index (χ0v) is 15.4. The van der Waals surface area contributed by atoms with E-state index < -0.39 is 13.9 Å². The van der Waals surface area contributed by atoms with E-state index in [1.807, 2.05) is 12.1 Å². The van der Waals surface area contributed by atoms with Crippen LogP contribution in [0.25, 0.3) is 0 Å². The average Bonchev–Trinajstić information content (AvgIpc) is 2.50. The minimum atomic E-state index is -1.10. The zero-order valence-electron chi connectivity index (χ0n) is 14.4. The van der Waals surface area contributed by atoms with Gasteiger partial charge in [-0.15, -0.1) is 0 Å². The van der Waals surface area contributed by atoms with Crippen molar-refractivity contribution in [3.05, 3.63) is 48.3 Å². The van der Waals surface area contributed by atoms with Gasteiger partial charge in [-0.1, -0.05) is 31.8 Å². The molecular weight excluding hydrogens is 323 g/mol. The molecule has 2 aromatic carbocycles. The molecule has 2 aromatic rings. The Bertz CT molecular complexity index is 674. The van der Waals surface area contributed by atoms with Gasteiger partial charge in [0.05, 0.1) is 17.1 Å². The minimum Gasteiger partial charge on any atom is -0.467 e. The maximum absolute atomic E-state index is 14.2. The van der Waals surface area contributed by atoms with Crippen molar-refractivity contribution < 1.29 is 13.9 Å². The lowest BCUT2D eigenvalue weighted by Crippen LogP contribution is -2.22. The third-order valence-electron chi connectivity index (χ3n) is 3.48. The summed E-state index contributed by atoms with van der Waals surface area (Å²) in [6.07, 6.45) is 0. The second-order valence-corrected chi connectivity index (χ2v) is 12.5. The Morgan fingerprint density at radius 3 is 2.50 bits per heavy atom. The predicted octanol–water partition coefficient (Wildman–Crippen LogP) is 4.84. The van der Waals surface area contributed by atoms with Gasteiger partial charge in [0, 0.05) is 20.7 Å². The van der Waals surface area contributed by atoms with Crippen LogP contribution in [0, 0.1) is 5.82 Å². The number of benzene rings is 2. The minimum absolute atomic E-state index is 0.127. The summed E-state index contributed by atoms with van der Waals surface area (Å²) in [6.45, 7) is 7.67. The lowest BCUT2D eigenvalue weighted by Gasteiger charge is -2.15. The van der Waals surface area contributed by atoms with E-state index in [0.29, 0.717) is 29.4 Å². The first-order valence-corrected chi connectivity index (χ1v) is 11.7. The number of para-hydroxylation sites is 2. The molecule has 0 spiro atoms. The summed E-state index contributed by atoms with van der Waals surface area (Å²) in [4.78, 5) is 0. The van der Waals surface area contributed by atoms with Crippen molar-refractivity contribution in [3.63, 3.8) is 0 Å². The molecule has 130 valence electrons. The molecule has 0 atom stereocenters. The summed E-state index contributed by atoms with van der Waals surface area (Å²) in [7, 11) is -1.10. The molecular formula is C18H25FN2O2Si. The van der Waals surface area contributed by atoms with E-state index in [9.17, 15) is 4.39 Å². The smallest absolute Gasteiger partial charge is 0.189 e. The molecule has 0 aliphatic carbocycles. The van der Waals surface area contributed by atoms with E-state index in [1.54, 1.807) is 24.3 Å². The molecule has 24 heavy (non-hydrogen) atoms. The van der Waals surface area contributed by atoms with Crippen molar-refractivity contribution in [3.8, 4) is 5.75 Å².